The lowest BCUT2D eigenvalue weighted by molar-refractivity contribution is -0.135. The molecule has 0 atom stereocenters. The molecule has 7 nitrogen and oxygen atoms in total. The zero-order valence-electron chi connectivity index (χ0n) is 11.6. The summed E-state index contributed by atoms with van der Waals surface area (Å²) in [5.41, 5.74) is 1.26. The smallest absolute Gasteiger partial charge is 0.323 e. The fourth-order valence-electron chi connectivity index (χ4n) is 2.00. The van der Waals surface area contributed by atoms with Gasteiger partial charge in [-0.1, -0.05) is 0 Å². The van der Waals surface area contributed by atoms with Crippen LogP contribution in [0.15, 0.2) is 30.5 Å². The summed E-state index contributed by atoms with van der Waals surface area (Å²) in [6, 6.07) is 5.77. The van der Waals surface area contributed by atoms with Crippen LogP contribution < -0.4 is 4.90 Å². The molecule has 0 spiro atoms. The van der Waals surface area contributed by atoms with Crippen LogP contribution >= 0.6 is 0 Å². The average Bonchev–Trinajstić information content (AvgIpc) is 2.75. The van der Waals surface area contributed by atoms with E-state index in [1.54, 1.807) is 20.2 Å². The van der Waals surface area contributed by atoms with Crippen LogP contribution in [0, 0.1) is 6.92 Å². The summed E-state index contributed by atoms with van der Waals surface area (Å²) < 4.78 is 1.50. The van der Waals surface area contributed by atoms with E-state index < -0.39 is 18.4 Å². The summed E-state index contributed by atoms with van der Waals surface area (Å²) in [7, 11) is 1.69. The number of nitrogens with zero attached hydrogens (tertiary/aromatic N) is 3. The number of carbonyl (C=O) groups is 2. The standard InChI is InChI=1S/C14H15N3O4/c1-9-12(7-16(2)15-9)14(21)17(8-13(19)20)10-3-5-11(18)6-4-10/h3-7,18H,8H2,1-2H3,(H,19,20). The van der Waals surface area contributed by atoms with Crippen molar-refractivity contribution >= 4 is 17.6 Å². The van der Waals surface area contributed by atoms with E-state index in [1.807, 2.05) is 0 Å². The van der Waals surface area contributed by atoms with E-state index in [0.29, 0.717) is 16.9 Å². The molecular weight excluding hydrogens is 274 g/mol. The Balaban J connectivity index is 2.40. The second-order valence-corrected chi connectivity index (χ2v) is 4.60. The van der Waals surface area contributed by atoms with Crippen LogP contribution in [0.2, 0.25) is 0 Å². The van der Waals surface area contributed by atoms with Crippen molar-refractivity contribution < 1.29 is 19.8 Å². The molecule has 0 fully saturated rings. The summed E-state index contributed by atoms with van der Waals surface area (Å²) >= 11 is 0. The molecular formula is C14H15N3O4. The zero-order chi connectivity index (χ0) is 15.6. The van der Waals surface area contributed by atoms with E-state index in [1.165, 1.54) is 28.9 Å². The van der Waals surface area contributed by atoms with Gasteiger partial charge in [-0.05, 0) is 31.2 Å². The minimum absolute atomic E-state index is 0.0408. The lowest BCUT2D eigenvalue weighted by Gasteiger charge is -2.20. The van der Waals surface area contributed by atoms with Crippen molar-refractivity contribution in [1.82, 2.24) is 9.78 Å². The lowest BCUT2D eigenvalue weighted by atomic mass is 10.2. The normalized spacial score (nSPS) is 10.4. The van der Waals surface area contributed by atoms with Gasteiger partial charge in [-0.3, -0.25) is 19.2 Å². The van der Waals surface area contributed by atoms with Crippen molar-refractivity contribution in [3.8, 4) is 5.75 Å². The predicted octanol–water partition coefficient (Wildman–Crippen LogP) is 1.17. The first-order chi connectivity index (χ1) is 9.88. The van der Waals surface area contributed by atoms with Gasteiger partial charge in [0.1, 0.15) is 12.3 Å². The molecule has 0 bridgehead atoms. The van der Waals surface area contributed by atoms with Crippen LogP contribution in [0.4, 0.5) is 5.69 Å². The number of phenolic OH excluding ortho intramolecular Hbond substituents is 1. The van der Waals surface area contributed by atoms with Crippen molar-refractivity contribution in [3.05, 3.63) is 41.7 Å². The second-order valence-electron chi connectivity index (χ2n) is 4.60. The highest BCUT2D eigenvalue weighted by atomic mass is 16.4. The highest BCUT2D eigenvalue weighted by Gasteiger charge is 2.23. The number of hydrogen-bond donors (Lipinski definition) is 2. The number of carbonyl (C=O) groups excluding carboxylic acids is 1. The van der Waals surface area contributed by atoms with Gasteiger partial charge >= 0.3 is 5.97 Å². The van der Waals surface area contributed by atoms with Crippen LogP contribution in [0.5, 0.6) is 5.75 Å². The first-order valence-electron chi connectivity index (χ1n) is 6.21. The fourth-order valence-corrected chi connectivity index (χ4v) is 2.00. The lowest BCUT2D eigenvalue weighted by Crippen LogP contribution is -2.35. The molecule has 1 amide bonds. The Morgan fingerprint density at radius 1 is 1.29 bits per heavy atom. The van der Waals surface area contributed by atoms with Crippen molar-refractivity contribution in [2.45, 2.75) is 6.92 Å². The van der Waals surface area contributed by atoms with E-state index in [-0.39, 0.29) is 5.75 Å². The highest BCUT2D eigenvalue weighted by molar-refractivity contribution is 6.08. The van der Waals surface area contributed by atoms with E-state index in [2.05, 4.69) is 5.10 Å². The van der Waals surface area contributed by atoms with E-state index >= 15 is 0 Å². The second kappa shape index (κ2) is 5.66. The van der Waals surface area contributed by atoms with Crippen molar-refractivity contribution in [1.29, 1.82) is 0 Å². The van der Waals surface area contributed by atoms with Crippen molar-refractivity contribution in [3.63, 3.8) is 0 Å². The minimum Gasteiger partial charge on any atom is -0.508 e. The van der Waals surface area contributed by atoms with Gasteiger partial charge < -0.3 is 10.2 Å². The number of hydrogen-bond acceptors (Lipinski definition) is 4. The Bertz CT molecular complexity index is 676. The largest absolute Gasteiger partial charge is 0.508 e. The molecule has 0 aliphatic heterocycles. The molecule has 2 rings (SSSR count). The zero-order valence-corrected chi connectivity index (χ0v) is 11.6. The molecule has 0 aliphatic carbocycles. The molecule has 110 valence electrons. The number of anilines is 1. The third-order valence-corrected chi connectivity index (χ3v) is 2.94. The Hall–Kier alpha value is -2.83. The summed E-state index contributed by atoms with van der Waals surface area (Å²) in [5.74, 6) is -1.54. The van der Waals surface area contributed by atoms with Crippen LogP contribution in [0.1, 0.15) is 16.1 Å². The van der Waals surface area contributed by atoms with Crippen LogP contribution in [0.3, 0.4) is 0 Å². The van der Waals surface area contributed by atoms with Crippen LogP contribution in [-0.2, 0) is 11.8 Å². The molecule has 1 aromatic heterocycles. The Kier molecular flexibility index (Phi) is 3.93. The Labute approximate surface area is 121 Å². The van der Waals surface area contributed by atoms with Gasteiger partial charge in [0.25, 0.3) is 5.91 Å². The number of rotatable bonds is 4. The third-order valence-electron chi connectivity index (χ3n) is 2.94. The number of aliphatic carboxylic acids is 1. The summed E-state index contributed by atoms with van der Waals surface area (Å²) in [6.45, 7) is 1.21. The van der Waals surface area contributed by atoms with Crippen LogP contribution in [0.25, 0.3) is 0 Å². The van der Waals surface area contributed by atoms with Gasteiger partial charge in [-0.25, -0.2) is 0 Å². The maximum absolute atomic E-state index is 12.5. The maximum Gasteiger partial charge on any atom is 0.323 e. The quantitative estimate of drug-likeness (QED) is 0.880. The van der Waals surface area contributed by atoms with Gasteiger partial charge in [-0.2, -0.15) is 5.10 Å². The molecule has 0 aliphatic rings. The monoisotopic (exact) mass is 289 g/mol. The van der Waals surface area contributed by atoms with Crippen molar-refractivity contribution in [2.24, 2.45) is 7.05 Å². The number of carboxylic acid groups (broad SMARTS) is 1. The van der Waals surface area contributed by atoms with E-state index in [4.69, 9.17) is 5.11 Å². The van der Waals surface area contributed by atoms with Crippen LogP contribution in [-0.4, -0.2) is 38.4 Å². The highest BCUT2D eigenvalue weighted by Crippen LogP contribution is 2.21. The number of aryl methyl sites for hydroxylation is 2. The Morgan fingerprint density at radius 2 is 1.90 bits per heavy atom. The molecule has 1 heterocycles. The molecule has 7 heteroatoms. The van der Waals surface area contributed by atoms with Gasteiger partial charge in [-0.15, -0.1) is 0 Å². The van der Waals surface area contributed by atoms with Crippen molar-refractivity contribution in [2.75, 3.05) is 11.4 Å². The third kappa shape index (κ3) is 3.19. The van der Waals surface area contributed by atoms with E-state index in [0.717, 1.165) is 4.90 Å². The molecule has 2 N–H and O–H groups in total. The van der Waals surface area contributed by atoms with Gasteiger partial charge in [0.15, 0.2) is 0 Å². The molecule has 2 aromatic rings. The predicted molar refractivity (Wildman–Crippen MR) is 75.4 cm³/mol. The molecule has 1 aromatic carbocycles. The average molecular weight is 289 g/mol. The topological polar surface area (TPSA) is 95.7 Å². The Morgan fingerprint density at radius 3 is 2.38 bits per heavy atom. The molecule has 21 heavy (non-hydrogen) atoms. The van der Waals surface area contributed by atoms with Gasteiger partial charge in [0, 0.05) is 18.9 Å². The van der Waals surface area contributed by atoms with Gasteiger partial charge in [0.05, 0.1) is 11.3 Å². The SMILES string of the molecule is Cc1nn(C)cc1C(=O)N(CC(=O)O)c1ccc(O)cc1. The number of amides is 1. The molecule has 0 saturated heterocycles. The molecule has 0 radical (unpaired) electrons. The molecule has 0 unspecified atom stereocenters. The first kappa shape index (κ1) is 14.6. The number of aromatic hydroxyl groups is 1. The minimum atomic E-state index is -1.13. The maximum atomic E-state index is 12.5. The number of aromatic nitrogens is 2. The summed E-state index contributed by atoms with van der Waals surface area (Å²) in [6.07, 6.45) is 1.55. The number of benzene rings is 1. The summed E-state index contributed by atoms with van der Waals surface area (Å²) in [4.78, 5) is 24.7. The van der Waals surface area contributed by atoms with Gasteiger partial charge in [0.2, 0.25) is 0 Å². The first-order valence-corrected chi connectivity index (χ1v) is 6.21. The number of phenols is 1. The van der Waals surface area contributed by atoms with E-state index in [9.17, 15) is 14.7 Å². The fraction of sp³-hybridized carbons (Fsp3) is 0.214. The number of carboxylic acids is 1. The molecule has 0 saturated carbocycles. The summed E-state index contributed by atoms with van der Waals surface area (Å²) in [5, 5.41) is 22.4.